The maximum Gasteiger partial charge on any atom is 0.338 e. The highest BCUT2D eigenvalue weighted by Crippen LogP contribution is 2.26. The van der Waals surface area contributed by atoms with E-state index in [1.807, 2.05) is 12.1 Å². The molecule has 0 saturated carbocycles. The summed E-state index contributed by atoms with van der Waals surface area (Å²) in [6.07, 6.45) is 2.82. The van der Waals surface area contributed by atoms with Crippen molar-refractivity contribution in [2.45, 2.75) is 45.8 Å². The Morgan fingerprint density at radius 2 is 1.79 bits per heavy atom. The van der Waals surface area contributed by atoms with Crippen molar-refractivity contribution in [3.05, 3.63) is 69.3 Å². The smallest absolute Gasteiger partial charge is 0.338 e. The van der Waals surface area contributed by atoms with Gasteiger partial charge in [0.25, 0.3) is 0 Å². The van der Waals surface area contributed by atoms with Gasteiger partial charge in [0.05, 0.1) is 17.7 Å². The Kier molecular flexibility index (Phi) is 6.21. The summed E-state index contributed by atoms with van der Waals surface area (Å²) in [5, 5.41) is 0. The number of piperazine rings is 1. The van der Waals surface area contributed by atoms with E-state index in [9.17, 15) is 9.59 Å². The Bertz CT molecular complexity index is 1080. The molecule has 174 valence electrons. The zero-order chi connectivity index (χ0) is 22.9. The average molecular weight is 449 g/mol. The average Bonchev–Trinajstić information content (AvgIpc) is 3.20. The zero-order valence-corrected chi connectivity index (χ0v) is 19.6. The molecule has 1 saturated heterocycles. The third kappa shape index (κ3) is 4.55. The van der Waals surface area contributed by atoms with Crippen LogP contribution in [0.4, 0.5) is 0 Å². The molecule has 2 aromatic rings. The molecule has 33 heavy (non-hydrogen) atoms. The van der Waals surface area contributed by atoms with Crippen molar-refractivity contribution in [2.75, 3.05) is 39.3 Å². The number of rotatable bonds is 6. The molecule has 1 fully saturated rings. The summed E-state index contributed by atoms with van der Waals surface area (Å²) in [5.74, 6) is -0.382. The molecule has 6 nitrogen and oxygen atoms in total. The molecular formula is C27H32N2O4. The zero-order valence-electron chi connectivity index (χ0n) is 19.6. The van der Waals surface area contributed by atoms with E-state index >= 15 is 0 Å². The SMILES string of the molecule is Cc1c(CCN2CCN(CCc3ccc4c(c3)CCOC4=O)C[C@H]2C)ccc2c1COC2=O. The van der Waals surface area contributed by atoms with Crippen LogP contribution in [0.15, 0.2) is 30.3 Å². The molecule has 2 aromatic carbocycles. The van der Waals surface area contributed by atoms with Crippen molar-refractivity contribution in [3.63, 3.8) is 0 Å². The molecule has 0 spiro atoms. The monoisotopic (exact) mass is 448 g/mol. The number of nitrogens with zero attached hydrogens (tertiary/aromatic N) is 2. The standard InChI is InChI=1S/C27H32N2O4/c1-18-16-28(10-7-20-3-5-23-22(15-20)9-14-32-26(23)30)12-13-29(18)11-8-21-4-6-24-25(19(21)2)17-33-27(24)31/h3-6,15,18H,7-14,16-17H2,1-2H3/t18-/m1/s1. The minimum Gasteiger partial charge on any atom is -0.462 e. The Hall–Kier alpha value is -2.70. The van der Waals surface area contributed by atoms with Gasteiger partial charge >= 0.3 is 11.9 Å². The number of carbonyl (C=O) groups excluding carboxylic acids is 2. The van der Waals surface area contributed by atoms with Crippen molar-refractivity contribution in [2.24, 2.45) is 0 Å². The van der Waals surface area contributed by atoms with Gasteiger partial charge in [0, 0.05) is 50.7 Å². The van der Waals surface area contributed by atoms with E-state index in [4.69, 9.17) is 9.47 Å². The predicted molar refractivity (Wildman–Crippen MR) is 126 cm³/mol. The quantitative estimate of drug-likeness (QED) is 0.633. The summed E-state index contributed by atoms with van der Waals surface area (Å²) in [4.78, 5) is 28.7. The molecule has 1 atom stereocenters. The highest BCUT2D eigenvalue weighted by atomic mass is 16.5. The second kappa shape index (κ2) is 9.27. The van der Waals surface area contributed by atoms with Gasteiger partial charge in [-0.3, -0.25) is 4.90 Å². The van der Waals surface area contributed by atoms with Gasteiger partial charge in [-0.05, 0) is 61.1 Å². The molecule has 6 heteroatoms. The van der Waals surface area contributed by atoms with E-state index in [-0.39, 0.29) is 11.9 Å². The van der Waals surface area contributed by atoms with E-state index in [0.717, 1.165) is 74.2 Å². The number of ether oxygens (including phenoxy) is 2. The van der Waals surface area contributed by atoms with Crippen LogP contribution >= 0.6 is 0 Å². The Labute approximate surface area is 195 Å². The van der Waals surface area contributed by atoms with E-state index in [1.54, 1.807) is 0 Å². The van der Waals surface area contributed by atoms with Crippen molar-refractivity contribution in [1.82, 2.24) is 9.80 Å². The van der Waals surface area contributed by atoms with Crippen molar-refractivity contribution in [1.29, 1.82) is 0 Å². The van der Waals surface area contributed by atoms with E-state index in [0.29, 0.717) is 19.3 Å². The van der Waals surface area contributed by atoms with Gasteiger partial charge in [-0.1, -0.05) is 18.2 Å². The highest BCUT2D eigenvalue weighted by Gasteiger charge is 2.26. The summed E-state index contributed by atoms with van der Waals surface area (Å²) in [7, 11) is 0. The van der Waals surface area contributed by atoms with Crippen LogP contribution in [-0.4, -0.2) is 67.1 Å². The van der Waals surface area contributed by atoms with Gasteiger partial charge in [0.1, 0.15) is 6.61 Å². The normalized spacial score (nSPS) is 20.8. The first-order valence-electron chi connectivity index (χ1n) is 12.0. The topological polar surface area (TPSA) is 59.1 Å². The Morgan fingerprint density at radius 3 is 2.64 bits per heavy atom. The van der Waals surface area contributed by atoms with Gasteiger partial charge in [-0.25, -0.2) is 9.59 Å². The third-order valence-electron chi connectivity index (χ3n) is 7.51. The molecule has 3 aliphatic heterocycles. The first-order chi connectivity index (χ1) is 16.0. The summed E-state index contributed by atoms with van der Waals surface area (Å²) in [6.45, 7) is 10.6. The van der Waals surface area contributed by atoms with E-state index < -0.39 is 0 Å². The van der Waals surface area contributed by atoms with Crippen LogP contribution in [0, 0.1) is 6.92 Å². The van der Waals surface area contributed by atoms with Crippen LogP contribution in [-0.2, 0) is 35.3 Å². The van der Waals surface area contributed by atoms with Crippen LogP contribution in [0.2, 0.25) is 0 Å². The minimum absolute atomic E-state index is 0.190. The number of fused-ring (bicyclic) bond motifs is 2. The van der Waals surface area contributed by atoms with Gasteiger partial charge in [-0.2, -0.15) is 0 Å². The first-order valence-corrected chi connectivity index (χ1v) is 12.0. The summed E-state index contributed by atoms with van der Waals surface area (Å²) >= 11 is 0. The van der Waals surface area contributed by atoms with Crippen molar-refractivity contribution < 1.29 is 19.1 Å². The van der Waals surface area contributed by atoms with Gasteiger partial charge in [0.15, 0.2) is 0 Å². The third-order valence-corrected chi connectivity index (χ3v) is 7.51. The fraction of sp³-hybridized carbons (Fsp3) is 0.481. The number of benzene rings is 2. The maximum absolute atomic E-state index is 11.8. The lowest BCUT2D eigenvalue weighted by molar-refractivity contribution is 0.0478. The molecule has 0 N–H and O–H groups in total. The molecule has 0 unspecified atom stereocenters. The van der Waals surface area contributed by atoms with Crippen LogP contribution in [0.25, 0.3) is 0 Å². The maximum atomic E-state index is 11.8. The lowest BCUT2D eigenvalue weighted by Gasteiger charge is -2.40. The molecule has 0 bridgehead atoms. The summed E-state index contributed by atoms with van der Waals surface area (Å²) < 4.78 is 10.3. The molecule has 0 radical (unpaired) electrons. The van der Waals surface area contributed by atoms with E-state index in [2.05, 4.69) is 41.8 Å². The van der Waals surface area contributed by atoms with E-state index in [1.165, 1.54) is 16.7 Å². The largest absolute Gasteiger partial charge is 0.462 e. The number of hydrogen-bond acceptors (Lipinski definition) is 6. The molecule has 3 heterocycles. The number of carbonyl (C=O) groups is 2. The van der Waals surface area contributed by atoms with Gasteiger partial charge in [0.2, 0.25) is 0 Å². The lowest BCUT2D eigenvalue weighted by atomic mass is 9.96. The second-order valence-corrected chi connectivity index (χ2v) is 9.51. The second-order valence-electron chi connectivity index (χ2n) is 9.51. The number of esters is 2. The Morgan fingerprint density at radius 1 is 0.970 bits per heavy atom. The fourth-order valence-corrected chi connectivity index (χ4v) is 5.37. The molecule has 5 rings (SSSR count). The summed E-state index contributed by atoms with van der Waals surface area (Å²) in [5.41, 5.74) is 7.48. The van der Waals surface area contributed by atoms with Crippen molar-refractivity contribution >= 4 is 11.9 Å². The molecule has 3 aliphatic rings. The molecular weight excluding hydrogens is 416 g/mol. The predicted octanol–water partition coefficient (Wildman–Crippen LogP) is 3.17. The molecule has 0 amide bonds. The van der Waals surface area contributed by atoms with Crippen LogP contribution in [0.1, 0.15) is 55.5 Å². The van der Waals surface area contributed by atoms with Crippen molar-refractivity contribution in [3.8, 4) is 0 Å². The summed E-state index contributed by atoms with van der Waals surface area (Å²) in [6, 6.07) is 10.7. The van der Waals surface area contributed by atoms with Crippen LogP contribution < -0.4 is 0 Å². The Balaban J connectivity index is 1.12. The first kappa shape index (κ1) is 22.1. The molecule has 0 aromatic heterocycles. The van der Waals surface area contributed by atoms with Crippen LogP contribution in [0.5, 0.6) is 0 Å². The lowest BCUT2D eigenvalue weighted by Crippen LogP contribution is -2.52. The minimum atomic E-state index is -0.192. The fourth-order valence-electron chi connectivity index (χ4n) is 5.37. The van der Waals surface area contributed by atoms with Gasteiger partial charge in [-0.15, -0.1) is 0 Å². The highest BCUT2D eigenvalue weighted by molar-refractivity contribution is 5.94. The van der Waals surface area contributed by atoms with Crippen LogP contribution in [0.3, 0.4) is 0 Å². The number of cyclic esters (lactones) is 2. The number of hydrogen-bond donors (Lipinski definition) is 0. The van der Waals surface area contributed by atoms with Gasteiger partial charge < -0.3 is 14.4 Å². The molecule has 0 aliphatic carbocycles.